The number of carboxylic acids is 1. The summed E-state index contributed by atoms with van der Waals surface area (Å²) in [5.41, 5.74) is 1.27. The Morgan fingerprint density at radius 3 is 2.85 bits per heavy atom. The second kappa shape index (κ2) is 6.89. The Balaban J connectivity index is 1.84. The first-order valence-corrected chi connectivity index (χ1v) is 6.94. The van der Waals surface area contributed by atoms with Crippen LogP contribution in [0.1, 0.15) is 41.6 Å². The van der Waals surface area contributed by atoms with Crippen LogP contribution < -0.4 is 5.32 Å². The highest BCUT2D eigenvalue weighted by atomic mass is 16.4. The molecule has 106 valence electrons. The van der Waals surface area contributed by atoms with Crippen LogP contribution in [-0.4, -0.2) is 23.5 Å². The third kappa shape index (κ3) is 4.88. The number of carbonyl (C=O) groups is 2. The molecule has 0 spiro atoms. The van der Waals surface area contributed by atoms with E-state index in [1.54, 1.807) is 24.3 Å². The molecular formula is C16H19NO3. The third-order valence-electron chi connectivity index (χ3n) is 3.34. The monoisotopic (exact) mass is 273 g/mol. The highest BCUT2D eigenvalue weighted by Crippen LogP contribution is 2.33. The van der Waals surface area contributed by atoms with Gasteiger partial charge in [-0.15, -0.1) is 0 Å². The van der Waals surface area contributed by atoms with Crippen LogP contribution in [0.4, 0.5) is 0 Å². The molecule has 2 rings (SSSR count). The van der Waals surface area contributed by atoms with Crippen LogP contribution >= 0.6 is 0 Å². The van der Waals surface area contributed by atoms with Crippen LogP contribution in [0.3, 0.4) is 0 Å². The van der Waals surface area contributed by atoms with Crippen molar-refractivity contribution in [3.8, 4) is 0 Å². The van der Waals surface area contributed by atoms with E-state index in [9.17, 15) is 9.59 Å². The molecule has 0 heterocycles. The van der Waals surface area contributed by atoms with E-state index in [0.717, 1.165) is 18.4 Å². The Kier molecular flexibility index (Phi) is 4.93. The third-order valence-corrected chi connectivity index (χ3v) is 3.34. The van der Waals surface area contributed by atoms with Crippen LogP contribution in [0.2, 0.25) is 0 Å². The molecular weight excluding hydrogens is 254 g/mol. The number of hydrogen-bond donors (Lipinski definition) is 2. The fourth-order valence-corrected chi connectivity index (χ4v) is 2.05. The van der Waals surface area contributed by atoms with E-state index in [1.807, 2.05) is 0 Å². The summed E-state index contributed by atoms with van der Waals surface area (Å²) in [5, 5.41) is 11.5. The van der Waals surface area contributed by atoms with Crippen molar-refractivity contribution in [1.29, 1.82) is 0 Å². The Labute approximate surface area is 118 Å². The van der Waals surface area contributed by atoms with E-state index < -0.39 is 5.97 Å². The van der Waals surface area contributed by atoms with Gasteiger partial charge in [-0.2, -0.15) is 0 Å². The normalized spacial score (nSPS) is 14.4. The standard InChI is InChI=1S/C16H19NO3/c18-15(19)9-8-13-3-1-5-14(11-13)16(20)17-10-2-4-12-6-7-12/h1,3,5,8-9,11-12H,2,4,6-7,10H2,(H,17,20)(H,18,19)/b9-8+. The van der Waals surface area contributed by atoms with Gasteiger partial charge >= 0.3 is 5.97 Å². The minimum atomic E-state index is -1.00. The lowest BCUT2D eigenvalue weighted by atomic mass is 10.1. The molecule has 0 bridgehead atoms. The second-order valence-corrected chi connectivity index (χ2v) is 5.14. The molecule has 1 aromatic carbocycles. The molecule has 1 amide bonds. The van der Waals surface area contributed by atoms with Gasteiger partial charge in [0.25, 0.3) is 5.91 Å². The van der Waals surface area contributed by atoms with Crippen molar-refractivity contribution in [2.75, 3.05) is 6.54 Å². The van der Waals surface area contributed by atoms with E-state index in [1.165, 1.54) is 25.3 Å². The van der Waals surface area contributed by atoms with E-state index in [0.29, 0.717) is 17.7 Å². The molecule has 0 unspecified atom stereocenters. The van der Waals surface area contributed by atoms with Crippen LogP contribution in [0.15, 0.2) is 30.3 Å². The molecule has 0 aromatic heterocycles. The zero-order chi connectivity index (χ0) is 14.4. The average molecular weight is 273 g/mol. The van der Waals surface area contributed by atoms with Crippen LogP contribution in [0.25, 0.3) is 6.08 Å². The summed E-state index contributed by atoms with van der Waals surface area (Å²) in [6.07, 6.45) is 7.44. The van der Waals surface area contributed by atoms with Gasteiger partial charge in [0.05, 0.1) is 0 Å². The Bertz CT molecular complexity index is 518. The van der Waals surface area contributed by atoms with Gasteiger partial charge in [-0.25, -0.2) is 4.79 Å². The smallest absolute Gasteiger partial charge is 0.328 e. The number of aliphatic carboxylic acids is 1. The summed E-state index contributed by atoms with van der Waals surface area (Å²) in [4.78, 5) is 22.4. The minimum Gasteiger partial charge on any atom is -0.478 e. The first kappa shape index (κ1) is 14.3. The lowest BCUT2D eigenvalue weighted by Gasteiger charge is -2.05. The number of rotatable bonds is 7. The van der Waals surface area contributed by atoms with Crippen molar-refractivity contribution in [2.24, 2.45) is 5.92 Å². The summed E-state index contributed by atoms with van der Waals surface area (Å²) in [5.74, 6) is -0.220. The summed E-state index contributed by atoms with van der Waals surface area (Å²) in [6.45, 7) is 0.699. The van der Waals surface area contributed by atoms with E-state index in [-0.39, 0.29) is 5.91 Å². The largest absolute Gasteiger partial charge is 0.478 e. The zero-order valence-electron chi connectivity index (χ0n) is 11.3. The van der Waals surface area contributed by atoms with Gasteiger partial charge in [0, 0.05) is 18.2 Å². The number of carboxylic acid groups (broad SMARTS) is 1. The Morgan fingerprint density at radius 1 is 1.35 bits per heavy atom. The maximum Gasteiger partial charge on any atom is 0.328 e. The molecule has 4 nitrogen and oxygen atoms in total. The fraction of sp³-hybridized carbons (Fsp3) is 0.375. The molecule has 1 fully saturated rings. The van der Waals surface area contributed by atoms with Gasteiger partial charge in [-0.1, -0.05) is 25.0 Å². The predicted octanol–water partition coefficient (Wildman–Crippen LogP) is 2.70. The molecule has 1 aromatic rings. The van der Waals surface area contributed by atoms with Crippen LogP contribution in [0, 0.1) is 5.92 Å². The maximum atomic E-state index is 11.9. The number of nitrogens with one attached hydrogen (secondary N) is 1. The maximum absolute atomic E-state index is 11.9. The van der Waals surface area contributed by atoms with Gasteiger partial charge in [-0.3, -0.25) is 4.79 Å². The van der Waals surface area contributed by atoms with Crippen molar-refractivity contribution in [1.82, 2.24) is 5.32 Å². The zero-order valence-corrected chi connectivity index (χ0v) is 11.3. The molecule has 4 heteroatoms. The van der Waals surface area contributed by atoms with Gasteiger partial charge < -0.3 is 10.4 Å². The molecule has 0 aliphatic heterocycles. The highest BCUT2D eigenvalue weighted by molar-refractivity contribution is 5.95. The molecule has 0 radical (unpaired) electrons. The summed E-state index contributed by atoms with van der Waals surface area (Å²) in [6, 6.07) is 6.94. The van der Waals surface area contributed by atoms with Crippen molar-refractivity contribution < 1.29 is 14.7 Å². The van der Waals surface area contributed by atoms with Gasteiger partial charge in [0.15, 0.2) is 0 Å². The van der Waals surface area contributed by atoms with Crippen LogP contribution in [0.5, 0.6) is 0 Å². The summed E-state index contributed by atoms with van der Waals surface area (Å²) in [7, 11) is 0. The first-order chi connectivity index (χ1) is 9.65. The van der Waals surface area contributed by atoms with Crippen LogP contribution in [-0.2, 0) is 4.79 Å². The second-order valence-electron chi connectivity index (χ2n) is 5.14. The van der Waals surface area contributed by atoms with E-state index in [2.05, 4.69) is 5.32 Å². The average Bonchev–Trinajstić information content (AvgIpc) is 3.25. The van der Waals surface area contributed by atoms with E-state index >= 15 is 0 Å². The molecule has 20 heavy (non-hydrogen) atoms. The molecule has 0 atom stereocenters. The predicted molar refractivity (Wildman–Crippen MR) is 77.4 cm³/mol. The fourth-order valence-electron chi connectivity index (χ4n) is 2.05. The Hall–Kier alpha value is -2.10. The minimum absolute atomic E-state index is 0.105. The van der Waals surface area contributed by atoms with E-state index in [4.69, 9.17) is 5.11 Å². The molecule has 1 aliphatic carbocycles. The number of amides is 1. The summed E-state index contributed by atoms with van der Waals surface area (Å²) >= 11 is 0. The van der Waals surface area contributed by atoms with Crippen molar-refractivity contribution in [3.63, 3.8) is 0 Å². The molecule has 2 N–H and O–H groups in total. The van der Waals surface area contributed by atoms with Crippen molar-refractivity contribution in [2.45, 2.75) is 25.7 Å². The van der Waals surface area contributed by atoms with Crippen molar-refractivity contribution >= 4 is 18.0 Å². The number of benzene rings is 1. The number of hydrogen-bond acceptors (Lipinski definition) is 2. The first-order valence-electron chi connectivity index (χ1n) is 6.94. The lowest BCUT2D eigenvalue weighted by Crippen LogP contribution is -2.24. The molecule has 1 aliphatic rings. The molecule has 0 saturated heterocycles. The van der Waals surface area contributed by atoms with Crippen molar-refractivity contribution in [3.05, 3.63) is 41.5 Å². The summed E-state index contributed by atoms with van der Waals surface area (Å²) < 4.78 is 0. The van der Waals surface area contributed by atoms with Gasteiger partial charge in [-0.05, 0) is 42.5 Å². The quantitative estimate of drug-likeness (QED) is 0.593. The Morgan fingerprint density at radius 2 is 2.15 bits per heavy atom. The number of carbonyl (C=O) groups excluding carboxylic acids is 1. The van der Waals surface area contributed by atoms with Gasteiger partial charge in [0.2, 0.25) is 0 Å². The highest BCUT2D eigenvalue weighted by Gasteiger charge is 2.20. The molecule has 1 saturated carbocycles. The lowest BCUT2D eigenvalue weighted by molar-refractivity contribution is -0.131. The van der Waals surface area contributed by atoms with Gasteiger partial charge in [0.1, 0.15) is 0 Å². The topological polar surface area (TPSA) is 66.4 Å². The SMILES string of the molecule is O=C(O)/C=C/c1cccc(C(=O)NCCCC2CC2)c1.